The van der Waals surface area contributed by atoms with Crippen LogP contribution >= 0.6 is 0 Å². The van der Waals surface area contributed by atoms with Gasteiger partial charge in [0.2, 0.25) is 0 Å². The molecule has 0 aliphatic rings. The summed E-state index contributed by atoms with van der Waals surface area (Å²) in [6.45, 7) is 5.56. The van der Waals surface area contributed by atoms with Crippen LogP contribution in [0.3, 0.4) is 0 Å². The topological polar surface area (TPSA) is 82.4 Å². The van der Waals surface area contributed by atoms with Crippen molar-refractivity contribution in [2.24, 2.45) is 0 Å². The third-order valence-corrected chi connectivity index (χ3v) is 6.41. The van der Waals surface area contributed by atoms with Gasteiger partial charge in [0.25, 0.3) is 10.0 Å². The Kier molecular flexibility index (Phi) is 7.96. The van der Waals surface area contributed by atoms with Gasteiger partial charge < -0.3 is 4.74 Å². The van der Waals surface area contributed by atoms with Crippen LogP contribution in [0.15, 0.2) is 53.9 Å². The Labute approximate surface area is 172 Å². The van der Waals surface area contributed by atoms with Gasteiger partial charge in [0.15, 0.2) is 5.78 Å². The summed E-state index contributed by atoms with van der Waals surface area (Å²) in [6.07, 6.45) is 5.44. The largest absolute Gasteiger partial charge is 0.469 e. The molecule has 2 rings (SSSR count). The third-order valence-electron chi connectivity index (χ3n) is 4.63. The van der Waals surface area contributed by atoms with Crippen LogP contribution in [0.1, 0.15) is 53.8 Å². The second-order valence-electron chi connectivity index (χ2n) is 6.86. The number of benzene rings is 1. The lowest BCUT2D eigenvalue weighted by Crippen LogP contribution is -2.22. The van der Waals surface area contributed by atoms with E-state index in [1.807, 2.05) is 13.0 Å². The highest BCUT2D eigenvalue weighted by Crippen LogP contribution is 2.23. The molecule has 29 heavy (non-hydrogen) atoms. The maximum absolute atomic E-state index is 13.3. The van der Waals surface area contributed by atoms with E-state index in [0.717, 1.165) is 35.2 Å². The number of hydrogen-bond acceptors (Lipinski definition) is 5. The number of hydrogen-bond donors (Lipinski definition) is 0. The van der Waals surface area contributed by atoms with Crippen molar-refractivity contribution in [2.45, 2.75) is 50.3 Å². The molecule has 0 aliphatic heterocycles. The molecule has 1 aromatic carbocycles. The molecule has 0 atom stereocenters. The monoisotopic (exact) mass is 417 g/mol. The number of methoxy groups -OCH3 is 1. The molecule has 0 unspecified atom stereocenters. The molecule has 0 aliphatic carbocycles. The van der Waals surface area contributed by atoms with E-state index >= 15 is 0 Å². The first-order valence-electron chi connectivity index (χ1n) is 9.55. The van der Waals surface area contributed by atoms with Gasteiger partial charge in [0.1, 0.15) is 12.1 Å². The molecule has 7 heteroatoms. The quantitative estimate of drug-likeness (QED) is 0.181. The molecule has 0 spiro atoms. The summed E-state index contributed by atoms with van der Waals surface area (Å²) >= 11 is 0. The predicted molar refractivity (Wildman–Crippen MR) is 112 cm³/mol. The summed E-state index contributed by atoms with van der Waals surface area (Å²) in [7, 11) is -2.79. The van der Waals surface area contributed by atoms with Crippen LogP contribution in [-0.4, -0.2) is 31.3 Å². The molecule has 0 saturated carbocycles. The fraction of sp³-hybridized carbons (Fsp3) is 0.364. The molecule has 0 bridgehead atoms. The minimum Gasteiger partial charge on any atom is -0.469 e. The summed E-state index contributed by atoms with van der Waals surface area (Å²) in [5.74, 6) is -1.30. The van der Waals surface area contributed by atoms with Crippen molar-refractivity contribution >= 4 is 21.8 Å². The fourth-order valence-electron chi connectivity index (χ4n) is 3.02. The minimum absolute atomic E-state index is 0.0305. The molecule has 1 heterocycles. The van der Waals surface area contributed by atoms with Gasteiger partial charge in [0, 0.05) is 5.69 Å². The Morgan fingerprint density at radius 3 is 2.38 bits per heavy atom. The van der Waals surface area contributed by atoms with Crippen LogP contribution in [0, 0.1) is 6.92 Å². The zero-order valence-electron chi connectivity index (χ0n) is 16.9. The molecule has 6 nitrogen and oxygen atoms in total. The number of aromatic nitrogens is 1. The molecule has 0 N–H and O–H groups in total. The average molecular weight is 418 g/mol. The zero-order valence-corrected chi connectivity index (χ0v) is 17.7. The number of Topliss-reactive ketones (excluding diaryl/α,β-unsaturated/α-hetero) is 1. The van der Waals surface area contributed by atoms with Gasteiger partial charge in [0.05, 0.1) is 12.0 Å². The molecule has 0 radical (unpaired) electrons. The Morgan fingerprint density at radius 2 is 1.76 bits per heavy atom. The van der Waals surface area contributed by atoms with Gasteiger partial charge in [-0.15, -0.1) is 6.58 Å². The maximum Gasteiger partial charge on any atom is 0.313 e. The van der Waals surface area contributed by atoms with Gasteiger partial charge in [-0.1, -0.05) is 30.2 Å². The zero-order chi connectivity index (χ0) is 21.4. The third kappa shape index (κ3) is 5.67. The van der Waals surface area contributed by atoms with E-state index in [1.165, 1.54) is 25.3 Å². The highest BCUT2D eigenvalue weighted by atomic mass is 32.2. The lowest BCUT2D eigenvalue weighted by molar-refractivity contribution is -0.139. The number of ketones is 1. The number of ether oxygens (including phenoxy) is 1. The van der Waals surface area contributed by atoms with Gasteiger partial charge in [-0.05, 0) is 56.9 Å². The maximum atomic E-state index is 13.3. The van der Waals surface area contributed by atoms with Crippen molar-refractivity contribution in [1.82, 2.24) is 3.97 Å². The predicted octanol–water partition coefficient (Wildman–Crippen LogP) is 4.07. The average Bonchev–Trinajstić information content (AvgIpc) is 3.13. The lowest BCUT2D eigenvalue weighted by Gasteiger charge is -2.14. The molecule has 1 aromatic heterocycles. The molecule has 0 saturated heterocycles. The van der Waals surface area contributed by atoms with Crippen LogP contribution in [0.2, 0.25) is 0 Å². The van der Waals surface area contributed by atoms with E-state index in [4.69, 9.17) is 0 Å². The molecule has 2 aromatic rings. The molecular formula is C22H27NO5S. The highest BCUT2D eigenvalue weighted by molar-refractivity contribution is 7.90. The molecular weight excluding hydrogens is 390 g/mol. The summed E-state index contributed by atoms with van der Waals surface area (Å²) in [5.41, 5.74) is 1.43. The van der Waals surface area contributed by atoms with E-state index in [-0.39, 0.29) is 10.6 Å². The number of nitrogens with zero attached hydrogens (tertiary/aromatic N) is 1. The van der Waals surface area contributed by atoms with Gasteiger partial charge >= 0.3 is 5.97 Å². The summed E-state index contributed by atoms with van der Waals surface area (Å²) < 4.78 is 32.3. The number of esters is 1. The van der Waals surface area contributed by atoms with Gasteiger partial charge in [-0.25, -0.2) is 12.4 Å². The number of carbonyl (C=O) groups is 2. The van der Waals surface area contributed by atoms with E-state index in [1.54, 1.807) is 18.2 Å². The number of carbonyl (C=O) groups excluding carboxylic acids is 2. The lowest BCUT2D eigenvalue weighted by atomic mass is 10.1. The normalized spacial score (nSPS) is 11.2. The second-order valence-corrected chi connectivity index (χ2v) is 8.64. The smallest absolute Gasteiger partial charge is 0.313 e. The van der Waals surface area contributed by atoms with Crippen LogP contribution in [-0.2, 0) is 26.0 Å². The van der Waals surface area contributed by atoms with Crippen LogP contribution < -0.4 is 0 Å². The summed E-state index contributed by atoms with van der Waals surface area (Å²) in [5, 5.41) is 0. The van der Waals surface area contributed by atoms with Crippen molar-refractivity contribution in [3.63, 3.8) is 0 Å². The summed E-state index contributed by atoms with van der Waals surface area (Å²) in [6, 6.07) is 9.57. The Bertz CT molecular complexity index is 971. The van der Waals surface area contributed by atoms with E-state index in [2.05, 4.69) is 11.3 Å². The van der Waals surface area contributed by atoms with Crippen molar-refractivity contribution in [1.29, 1.82) is 0 Å². The van der Waals surface area contributed by atoms with Crippen molar-refractivity contribution in [3.8, 4) is 0 Å². The molecule has 0 fully saturated rings. The number of unbranched alkanes of at least 4 members (excludes halogenated alkanes) is 3. The van der Waals surface area contributed by atoms with E-state index in [9.17, 15) is 18.0 Å². The minimum atomic E-state index is -3.98. The SMILES string of the molecule is C=CCCCCCc1ccc(C(=O)CC(=O)OC)n1S(=O)(=O)c1ccc(C)cc1. The van der Waals surface area contributed by atoms with Crippen molar-refractivity contribution < 1.29 is 22.7 Å². The Morgan fingerprint density at radius 1 is 1.07 bits per heavy atom. The van der Waals surface area contributed by atoms with Gasteiger partial charge in [-0.3, -0.25) is 9.59 Å². The van der Waals surface area contributed by atoms with Crippen LogP contribution in [0.25, 0.3) is 0 Å². The first kappa shape index (κ1) is 22.6. The molecule has 156 valence electrons. The van der Waals surface area contributed by atoms with E-state index < -0.39 is 28.2 Å². The van der Waals surface area contributed by atoms with Gasteiger partial charge in [-0.2, -0.15) is 0 Å². The Hall–Kier alpha value is -2.67. The van der Waals surface area contributed by atoms with Crippen molar-refractivity contribution in [2.75, 3.05) is 7.11 Å². The number of rotatable bonds is 11. The molecule has 0 amide bonds. The van der Waals surface area contributed by atoms with Crippen molar-refractivity contribution in [3.05, 3.63) is 66.0 Å². The highest BCUT2D eigenvalue weighted by Gasteiger charge is 2.27. The standard InChI is InChI=1S/C22H27NO5S/c1-4-5-6-7-8-9-18-12-15-20(21(24)16-22(25)28-3)23(18)29(26,27)19-13-10-17(2)11-14-19/h4,10-15H,1,5-9,16H2,2-3H3. The number of aryl methyl sites for hydroxylation is 2. The number of allylic oxidation sites excluding steroid dienone is 1. The first-order chi connectivity index (χ1) is 13.8. The second kappa shape index (κ2) is 10.2. The van der Waals surface area contributed by atoms with Crippen LogP contribution in [0.4, 0.5) is 0 Å². The Balaban J connectivity index is 2.42. The van der Waals surface area contributed by atoms with E-state index in [0.29, 0.717) is 12.1 Å². The fourth-order valence-corrected chi connectivity index (χ4v) is 4.59. The summed E-state index contributed by atoms with van der Waals surface area (Å²) in [4.78, 5) is 24.2. The first-order valence-corrected chi connectivity index (χ1v) is 11.0. The van der Waals surface area contributed by atoms with Crippen LogP contribution in [0.5, 0.6) is 0 Å².